The summed E-state index contributed by atoms with van der Waals surface area (Å²) in [5.74, 6) is -2.03. The number of aliphatic hydroxyl groups is 2. The van der Waals surface area contributed by atoms with Gasteiger partial charge in [0.15, 0.2) is 5.78 Å². The van der Waals surface area contributed by atoms with Crippen LogP contribution in [-0.4, -0.2) is 53.4 Å². The molecule has 0 spiro atoms. The molecule has 1 unspecified atom stereocenters. The van der Waals surface area contributed by atoms with Gasteiger partial charge in [-0.3, -0.25) is 4.79 Å². The molecule has 1 aliphatic heterocycles. The van der Waals surface area contributed by atoms with Crippen molar-refractivity contribution in [2.75, 3.05) is 13.2 Å². The fourth-order valence-corrected chi connectivity index (χ4v) is 4.93. The van der Waals surface area contributed by atoms with Gasteiger partial charge in [-0.25, -0.2) is 9.59 Å². The Kier molecular flexibility index (Phi) is 7.31. The maximum absolute atomic E-state index is 13.0. The smallest absolute Gasteiger partial charge is 0.334 e. The van der Waals surface area contributed by atoms with Crippen LogP contribution in [0.15, 0.2) is 59.3 Å². The zero-order valence-corrected chi connectivity index (χ0v) is 18.5. The molecule has 2 fully saturated rings. The minimum Gasteiger partial charge on any atom is -0.458 e. The van der Waals surface area contributed by atoms with Crippen molar-refractivity contribution in [1.29, 1.82) is 0 Å². The summed E-state index contributed by atoms with van der Waals surface area (Å²) in [5, 5.41) is 18.3. The van der Waals surface area contributed by atoms with Gasteiger partial charge in [0.1, 0.15) is 12.2 Å². The highest BCUT2D eigenvalue weighted by Gasteiger charge is 2.54. The second-order valence-electron chi connectivity index (χ2n) is 8.62. The van der Waals surface area contributed by atoms with E-state index >= 15 is 0 Å². The molecule has 1 saturated carbocycles. The van der Waals surface area contributed by atoms with Gasteiger partial charge in [0.25, 0.3) is 0 Å². The van der Waals surface area contributed by atoms with Gasteiger partial charge in [0.05, 0.1) is 19.1 Å². The molecule has 2 aliphatic carbocycles. The largest absolute Gasteiger partial charge is 0.458 e. The lowest BCUT2D eigenvalue weighted by Crippen LogP contribution is -2.36. The number of esters is 2. The summed E-state index contributed by atoms with van der Waals surface area (Å²) >= 11 is 0. The number of rotatable bonds is 7. The van der Waals surface area contributed by atoms with Crippen LogP contribution in [0.4, 0.5) is 0 Å². The zero-order chi connectivity index (χ0) is 23.6. The van der Waals surface area contributed by atoms with Crippen molar-refractivity contribution in [3.05, 3.63) is 59.3 Å². The van der Waals surface area contributed by atoms with E-state index in [4.69, 9.17) is 14.6 Å². The molecule has 2 N–H and O–H groups in total. The molecule has 7 nitrogen and oxygen atoms in total. The summed E-state index contributed by atoms with van der Waals surface area (Å²) in [6.07, 6.45) is 4.40. The lowest BCUT2D eigenvalue weighted by Gasteiger charge is -2.28. The van der Waals surface area contributed by atoms with E-state index in [1.54, 1.807) is 6.92 Å². The molecule has 0 aromatic rings. The topological polar surface area (TPSA) is 110 Å². The third-order valence-corrected chi connectivity index (χ3v) is 6.70. The molecule has 0 aromatic carbocycles. The van der Waals surface area contributed by atoms with Crippen molar-refractivity contribution >= 4 is 17.7 Å². The van der Waals surface area contributed by atoms with Gasteiger partial charge < -0.3 is 19.7 Å². The minimum atomic E-state index is -0.743. The van der Waals surface area contributed by atoms with E-state index in [0.29, 0.717) is 12.0 Å². The van der Waals surface area contributed by atoms with Crippen molar-refractivity contribution in [1.82, 2.24) is 0 Å². The van der Waals surface area contributed by atoms with E-state index < -0.39 is 36.7 Å². The van der Waals surface area contributed by atoms with Gasteiger partial charge in [-0.15, -0.1) is 0 Å². The molecule has 32 heavy (non-hydrogen) atoms. The monoisotopic (exact) mass is 442 g/mol. The van der Waals surface area contributed by atoms with E-state index in [0.717, 1.165) is 17.6 Å². The second kappa shape index (κ2) is 9.79. The van der Waals surface area contributed by atoms with Gasteiger partial charge >= 0.3 is 11.9 Å². The van der Waals surface area contributed by atoms with Gasteiger partial charge in [-0.2, -0.15) is 0 Å². The quantitative estimate of drug-likeness (QED) is 0.354. The maximum atomic E-state index is 13.0. The standard InChI is InChI=1S/C25H30O7/c1-13(7-9-26)19(28)12-17(8-10-27)25(30)31-20-11-15(3)18-6-5-14(2)21(18)23-22(20)16(4)24(29)32-23/h5,7-8,18,20-23,26-27H,3-4,6,9-12H2,1-2H3/b13-7+,17-8+/t18-,20+,21-,22?,23+/m0/s1. The zero-order valence-electron chi connectivity index (χ0n) is 18.5. The minimum absolute atomic E-state index is 0.0155. The number of allylic oxidation sites excluding steroid dienone is 2. The molecule has 0 radical (unpaired) electrons. The maximum Gasteiger partial charge on any atom is 0.334 e. The summed E-state index contributed by atoms with van der Waals surface area (Å²) in [5.41, 5.74) is 2.64. The number of carbonyl (C=O) groups excluding carboxylic acids is 3. The summed E-state index contributed by atoms with van der Waals surface area (Å²) < 4.78 is 11.5. The van der Waals surface area contributed by atoms with Crippen molar-refractivity contribution in [2.24, 2.45) is 17.8 Å². The Hall–Kier alpha value is -2.77. The fraction of sp³-hybridized carbons (Fsp3) is 0.480. The first-order valence-electron chi connectivity index (χ1n) is 10.7. The van der Waals surface area contributed by atoms with E-state index in [2.05, 4.69) is 19.2 Å². The summed E-state index contributed by atoms with van der Waals surface area (Å²) in [7, 11) is 0. The highest BCUT2D eigenvalue weighted by molar-refractivity contribution is 6.02. The molecular formula is C25H30O7. The van der Waals surface area contributed by atoms with Crippen LogP contribution >= 0.6 is 0 Å². The fourth-order valence-electron chi connectivity index (χ4n) is 4.93. The molecule has 172 valence electrons. The van der Waals surface area contributed by atoms with Crippen LogP contribution in [0.1, 0.15) is 33.1 Å². The van der Waals surface area contributed by atoms with Crippen LogP contribution in [0, 0.1) is 17.8 Å². The van der Waals surface area contributed by atoms with Gasteiger partial charge in [0.2, 0.25) is 0 Å². The molecule has 3 rings (SSSR count). The third-order valence-electron chi connectivity index (χ3n) is 6.70. The summed E-state index contributed by atoms with van der Waals surface area (Å²) in [6, 6.07) is 0. The highest BCUT2D eigenvalue weighted by atomic mass is 16.6. The van der Waals surface area contributed by atoms with E-state index in [1.807, 2.05) is 6.92 Å². The van der Waals surface area contributed by atoms with Gasteiger partial charge in [0, 0.05) is 29.9 Å². The average molecular weight is 443 g/mol. The van der Waals surface area contributed by atoms with E-state index in [1.165, 1.54) is 12.2 Å². The first-order valence-corrected chi connectivity index (χ1v) is 10.7. The number of hydrogen-bond acceptors (Lipinski definition) is 7. The van der Waals surface area contributed by atoms with Crippen LogP contribution in [0.2, 0.25) is 0 Å². The number of hydrogen-bond donors (Lipinski definition) is 2. The Labute approximate surface area is 187 Å². The van der Waals surface area contributed by atoms with Crippen LogP contribution in [0.25, 0.3) is 0 Å². The number of carbonyl (C=O) groups is 3. The van der Waals surface area contributed by atoms with Crippen molar-refractivity contribution in [2.45, 2.75) is 45.3 Å². The van der Waals surface area contributed by atoms with Gasteiger partial charge in [-0.05, 0) is 37.8 Å². The number of fused-ring (bicyclic) bond motifs is 3. The average Bonchev–Trinajstić information content (AvgIpc) is 3.22. The molecule has 0 amide bonds. The Morgan fingerprint density at radius 3 is 2.56 bits per heavy atom. The lowest BCUT2D eigenvalue weighted by atomic mass is 9.80. The SMILES string of the molecule is C=C1C(=O)O[C@H]2C1[C@H](OC(=O)/C(=C/CO)CC(=O)/C(C)=C/CO)CC(=C)[C@@H]1CC=C(C)[C@@H]12. The van der Waals surface area contributed by atoms with Crippen molar-refractivity contribution < 1.29 is 34.1 Å². The molecule has 0 bridgehead atoms. The number of Topliss-reactive ketones (excluding diaryl/α,β-unsaturated/α-hetero) is 1. The predicted molar refractivity (Wildman–Crippen MR) is 117 cm³/mol. The van der Waals surface area contributed by atoms with Crippen LogP contribution < -0.4 is 0 Å². The first kappa shape index (κ1) is 23.9. The van der Waals surface area contributed by atoms with Crippen molar-refractivity contribution in [3.63, 3.8) is 0 Å². The Morgan fingerprint density at radius 2 is 1.91 bits per heavy atom. The van der Waals surface area contributed by atoms with Crippen LogP contribution in [0.3, 0.4) is 0 Å². The number of ether oxygens (including phenoxy) is 2. The normalized spacial score (nSPS) is 30.3. The Morgan fingerprint density at radius 1 is 1.22 bits per heavy atom. The number of ketones is 1. The Bertz CT molecular complexity index is 936. The predicted octanol–water partition coefficient (Wildman–Crippen LogP) is 2.35. The highest BCUT2D eigenvalue weighted by Crippen LogP contribution is 2.51. The molecule has 7 heteroatoms. The molecule has 5 atom stereocenters. The van der Waals surface area contributed by atoms with Crippen LogP contribution in [0.5, 0.6) is 0 Å². The third kappa shape index (κ3) is 4.54. The summed E-state index contributed by atoms with van der Waals surface area (Å²) in [4.78, 5) is 37.7. The number of aliphatic hydroxyl groups excluding tert-OH is 2. The first-order chi connectivity index (χ1) is 15.2. The molecular weight excluding hydrogens is 412 g/mol. The molecule has 1 saturated heterocycles. The molecule has 1 heterocycles. The van der Waals surface area contributed by atoms with Gasteiger partial charge in [-0.1, -0.05) is 36.5 Å². The molecule has 0 aromatic heterocycles. The van der Waals surface area contributed by atoms with Crippen molar-refractivity contribution in [3.8, 4) is 0 Å². The molecule has 3 aliphatic rings. The summed E-state index contributed by atoms with van der Waals surface area (Å²) in [6.45, 7) is 10.9. The van der Waals surface area contributed by atoms with E-state index in [9.17, 15) is 19.5 Å². The Balaban J connectivity index is 1.85. The van der Waals surface area contributed by atoms with E-state index in [-0.39, 0.29) is 41.8 Å². The second-order valence-corrected chi connectivity index (χ2v) is 8.62. The lowest BCUT2D eigenvalue weighted by molar-refractivity contribution is -0.149. The van der Waals surface area contributed by atoms with Crippen LogP contribution in [-0.2, 0) is 23.9 Å².